The number of nitrogens with zero attached hydrogens (tertiary/aromatic N) is 2. The molecule has 2 aromatic rings. The Morgan fingerprint density at radius 2 is 2.00 bits per heavy atom. The van der Waals surface area contributed by atoms with Crippen molar-refractivity contribution >= 4 is 0 Å². The molecule has 14 heavy (non-hydrogen) atoms. The van der Waals surface area contributed by atoms with E-state index < -0.39 is 0 Å². The van der Waals surface area contributed by atoms with E-state index in [-0.39, 0.29) is 11.8 Å². The molecule has 4 nitrogen and oxygen atoms in total. The number of hydrogen-bond donors (Lipinski definition) is 2. The third-order valence-corrected chi connectivity index (χ3v) is 1.76. The van der Waals surface area contributed by atoms with Crippen LogP contribution in [0.15, 0.2) is 30.6 Å². The molecule has 0 aliphatic rings. The third kappa shape index (κ3) is 1.50. The molecular weight excluding hydrogens is 180 g/mol. The molecule has 0 atom stereocenters. The lowest BCUT2D eigenvalue weighted by Crippen LogP contribution is -1.83. The molecule has 0 aliphatic heterocycles. The van der Waals surface area contributed by atoms with E-state index in [9.17, 15) is 5.11 Å². The summed E-state index contributed by atoms with van der Waals surface area (Å²) >= 11 is 0. The largest absolute Gasteiger partial charge is 0.493 e. The maximum atomic E-state index is 9.40. The first-order chi connectivity index (χ1) is 6.77. The van der Waals surface area contributed by atoms with Crippen molar-refractivity contribution in [2.24, 2.45) is 0 Å². The van der Waals surface area contributed by atoms with Crippen LogP contribution in [0.4, 0.5) is 0 Å². The lowest BCUT2D eigenvalue weighted by atomic mass is 10.1. The number of rotatable bonds is 1. The predicted molar refractivity (Wildman–Crippen MR) is 49.6 cm³/mol. The zero-order chi connectivity index (χ0) is 9.97. The van der Waals surface area contributed by atoms with E-state index in [4.69, 9.17) is 5.11 Å². The second kappa shape index (κ2) is 3.33. The molecule has 0 aliphatic carbocycles. The Morgan fingerprint density at radius 3 is 2.64 bits per heavy atom. The van der Waals surface area contributed by atoms with Gasteiger partial charge in [-0.1, -0.05) is 0 Å². The Labute approximate surface area is 80.5 Å². The van der Waals surface area contributed by atoms with Crippen molar-refractivity contribution < 1.29 is 10.2 Å². The fourth-order valence-electron chi connectivity index (χ4n) is 1.10. The Kier molecular flexibility index (Phi) is 2.02. The molecular formula is C10H7N2O2. The predicted octanol–water partition coefficient (Wildman–Crippen LogP) is 1.35. The third-order valence-electron chi connectivity index (χ3n) is 1.76. The van der Waals surface area contributed by atoms with Gasteiger partial charge in [0.2, 0.25) is 11.8 Å². The van der Waals surface area contributed by atoms with E-state index >= 15 is 0 Å². The van der Waals surface area contributed by atoms with Crippen molar-refractivity contribution in [1.82, 2.24) is 9.97 Å². The van der Waals surface area contributed by atoms with Crippen LogP contribution < -0.4 is 0 Å². The lowest BCUT2D eigenvalue weighted by Gasteiger charge is -2.01. The molecule has 69 valence electrons. The number of hydrogen-bond acceptors (Lipinski definition) is 4. The summed E-state index contributed by atoms with van der Waals surface area (Å²) in [6.07, 6.45) is 2.90. The highest BCUT2D eigenvalue weighted by Crippen LogP contribution is 2.25. The molecule has 0 bridgehead atoms. The van der Waals surface area contributed by atoms with Crippen molar-refractivity contribution in [3.8, 4) is 22.9 Å². The highest BCUT2D eigenvalue weighted by atomic mass is 16.3. The van der Waals surface area contributed by atoms with E-state index in [2.05, 4.69) is 16.0 Å². The SMILES string of the molecule is Oc1ccc(-c2[c]ccnc2O)cn1. The first-order valence-corrected chi connectivity index (χ1v) is 3.98. The average Bonchev–Trinajstić information content (AvgIpc) is 2.20. The molecule has 2 N–H and O–H groups in total. The van der Waals surface area contributed by atoms with E-state index in [1.807, 2.05) is 0 Å². The van der Waals surface area contributed by atoms with Gasteiger partial charge in [0.1, 0.15) is 0 Å². The zero-order valence-corrected chi connectivity index (χ0v) is 7.18. The summed E-state index contributed by atoms with van der Waals surface area (Å²) in [5, 5.41) is 18.4. The van der Waals surface area contributed by atoms with Crippen LogP contribution in [0.25, 0.3) is 11.1 Å². The number of pyridine rings is 2. The quantitative estimate of drug-likeness (QED) is 0.707. The highest BCUT2D eigenvalue weighted by molar-refractivity contribution is 5.66. The first kappa shape index (κ1) is 8.50. The minimum absolute atomic E-state index is 0.0582. The fourth-order valence-corrected chi connectivity index (χ4v) is 1.10. The van der Waals surface area contributed by atoms with E-state index in [1.54, 1.807) is 12.1 Å². The minimum Gasteiger partial charge on any atom is -0.493 e. The van der Waals surface area contributed by atoms with Gasteiger partial charge in [-0.3, -0.25) is 0 Å². The van der Waals surface area contributed by atoms with Gasteiger partial charge in [0.05, 0.1) is 5.56 Å². The van der Waals surface area contributed by atoms with Gasteiger partial charge in [0, 0.05) is 24.0 Å². The molecule has 2 heterocycles. The van der Waals surface area contributed by atoms with Gasteiger partial charge >= 0.3 is 0 Å². The summed E-state index contributed by atoms with van der Waals surface area (Å²) < 4.78 is 0. The topological polar surface area (TPSA) is 66.2 Å². The number of aromatic hydroxyl groups is 2. The summed E-state index contributed by atoms with van der Waals surface area (Å²) in [6.45, 7) is 0. The van der Waals surface area contributed by atoms with Crippen LogP contribution in [0, 0.1) is 6.07 Å². The molecule has 0 unspecified atom stereocenters. The van der Waals surface area contributed by atoms with E-state index in [0.717, 1.165) is 0 Å². The van der Waals surface area contributed by atoms with E-state index in [0.29, 0.717) is 11.1 Å². The molecule has 0 amide bonds. The Bertz CT molecular complexity index is 440. The molecule has 0 fully saturated rings. The standard InChI is InChI=1S/C10H7N2O2/c13-9-4-3-7(6-12-9)8-2-1-5-11-10(8)14/h1,3-6H,(H,11,14)(H,12,13). The van der Waals surface area contributed by atoms with Gasteiger partial charge in [-0.05, 0) is 18.2 Å². The second-order valence-corrected chi connectivity index (χ2v) is 2.69. The van der Waals surface area contributed by atoms with Crippen molar-refractivity contribution in [2.75, 3.05) is 0 Å². The van der Waals surface area contributed by atoms with E-state index in [1.165, 1.54) is 18.5 Å². The minimum atomic E-state index is -0.0972. The van der Waals surface area contributed by atoms with Crippen LogP contribution in [0.2, 0.25) is 0 Å². The highest BCUT2D eigenvalue weighted by Gasteiger charge is 2.04. The maximum absolute atomic E-state index is 9.40. The molecule has 0 saturated carbocycles. The maximum Gasteiger partial charge on any atom is 0.219 e. The summed E-state index contributed by atoms with van der Waals surface area (Å²) in [5.74, 6) is -0.155. The van der Waals surface area contributed by atoms with Crippen molar-refractivity contribution in [2.45, 2.75) is 0 Å². The Hall–Kier alpha value is -2.10. The number of aromatic nitrogens is 2. The van der Waals surface area contributed by atoms with Crippen LogP contribution >= 0.6 is 0 Å². The molecule has 0 aromatic carbocycles. The zero-order valence-electron chi connectivity index (χ0n) is 7.18. The summed E-state index contributed by atoms with van der Waals surface area (Å²) in [5.41, 5.74) is 1.13. The van der Waals surface area contributed by atoms with Gasteiger partial charge < -0.3 is 10.2 Å². The molecule has 4 heteroatoms. The van der Waals surface area contributed by atoms with Crippen molar-refractivity contribution in [1.29, 1.82) is 0 Å². The van der Waals surface area contributed by atoms with Crippen molar-refractivity contribution in [3.63, 3.8) is 0 Å². The van der Waals surface area contributed by atoms with Gasteiger partial charge in [0.15, 0.2) is 0 Å². The van der Waals surface area contributed by atoms with Gasteiger partial charge in [-0.15, -0.1) is 0 Å². The van der Waals surface area contributed by atoms with Crippen LogP contribution in [0.3, 0.4) is 0 Å². The Balaban J connectivity index is 2.50. The van der Waals surface area contributed by atoms with Crippen molar-refractivity contribution in [3.05, 3.63) is 36.7 Å². The molecule has 0 saturated heterocycles. The van der Waals surface area contributed by atoms with Crippen LogP contribution in [-0.2, 0) is 0 Å². The Morgan fingerprint density at radius 1 is 1.14 bits per heavy atom. The lowest BCUT2D eigenvalue weighted by molar-refractivity contribution is 0.451. The summed E-state index contributed by atoms with van der Waals surface area (Å²) in [7, 11) is 0. The first-order valence-electron chi connectivity index (χ1n) is 3.98. The van der Waals surface area contributed by atoms with Crippen LogP contribution in [-0.4, -0.2) is 20.2 Å². The van der Waals surface area contributed by atoms with Gasteiger partial charge in [-0.2, -0.15) is 0 Å². The molecule has 0 spiro atoms. The molecule has 1 radical (unpaired) electrons. The summed E-state index contributed by atoms with van der Waals surface area (Å²) in [4.78, 5) is 7.41. The average molecular weight is 187 g/mol. The molecule has 2 rings (SSSR count). The van der Waals surface area contributed by atoms with Gasteiger partial charge in [0.25, 0.3) is 0 Å². The van der Waals surface area contributed by atoms with Crippen LogP contribution in [0.5, 0.6) is 11.8 Å². The fraction of sp³-hybridized carbons (Fsp3) is 0. The second-order valence-electron chi connectivity index (χ2n) is 2.69. The molecule has 2 aromatic heterocycles. The van der Waals surface area contributed by atoms with Crippen LogP contribution in [0.1, 0.15) is 0 Å². The monoisotopic (exact) mass is 187 g/mol. The smallest absolute Gasteiger partial charge is 0.219 e. The van der Waals surface area contributed by atoms with Gasteiger partial charge in [-0.25, -0.2) is 9.97 Å². The summed E-state index contributed by atoms with van der Waals surface area (Å²) in [6, 6.07) is 7.51. The normalized spacial score (nSPS) is 10.0.